The van der Waals surface area contributed by atoms with E-state index in [0.29, 0.717) is 30.0 Å². The van der Waals surface area contributed by atoms with Crippen molar-refractivity contribution in [1.29, 1.82) is 0 Å². The Kier molecular flexibility index (Phi) is 4.65. The first kappa shape index (κ1) is 16.2. The van der Waals surface area contributed by atoms with Crippen LogP contribution < -0.4 is 5.32 Å². The molecule has 0 aliphatic carbocycles. The molecule has 0 bridgehead atoms. The maximum Gasteiger partial charge on any atom is 0.257 e. The molecule has 0 aliphatic rings. The highest BCUT2D eigenvalue weighted by atomic mass is 32.2. The largest absolute Gasteiger partial charge is 0.361 e. The minimum Gasteiger partial charge on any atom is -0.361 e. The van der Waals surface area contributed by atoms with Crippen LogP contribution in [-0.4, -0.2) is 25.7 Å². The van der Waals surface area contributed by atoms with Crippen LogP contribution >= 0.6 is 0 Å². The van der Waals surface area contributed by atoms with Gasteiger partial charge < -0.3 is 9.84 Å². The van der Waals surface area contributed by atoms with E-state index in [1.165, 1.54) is 12.1 Å². The van der Waals surface area contributed by atoms with Crippen LogP contribution in [-0.2, 0) is 22.8 Å². The summed E-state index contributed by atoms with van der Waals surface area (Å²) in [6.07, 6.45) is 1.77. The van der Waals surface area contributed by atoms with Crippen LogP contribution in [0.1, 0.15) is 34.3 Å². The maximum absolute atomic E-state index is 12.2. The maximum atomic E-state index is 12.2. The van der Waals surface area contributed by atoms with E-state index in [9.17, 15) is 13.2 Å². The Morgan fingerprint density at radius 2 is 1.91 bits per heavy atom. The van der Waals surface area contributed by atoms with Crippen molar-refractivity contribution in [3.05, 3.63) is 46.8 Å². The van der Waals surface area contributed by atoms with Crippen LogP contribution in [0.4, 0.5) is 0 Å². The molecule has 6 nitrogen and oxygen atoms in total. The fourth-order valence-corrected chi connectivity index (χ4v) is 2.71. The van der Waals surface area contributed by atoms with Crippen molar-refractivity contribution < 1.29 is 17.7 Å². The smallest absolute Gasteiger partial charge is 0.257 e. The van der Waals surface area contributed by atoms with E-state index < -0.39 is 9.84 Å². The van der Waals surface area contributed by atoms with Crippen molar-refractivity contribution in [3.8, 4) is 0 Å². The van der Waals surface area contributed by atoms with E-state index >= 15 is 0 Å². The molecule has 0 saturated carbocycles. The Bertz CT molecular complexity index is 776. The van der Waals surface area contributed by atoms with Gasteiger partial charge in [0.25, 0.3) is 5.91 Å². The van der Waals surface area contributed by atoms with Crippen LogP contribution in [0.5, 0.6) is 0 Å². The number of amides is 1. The molecule has 1 N–H and O–H groups in total. The number of aryl methyl sites for hydroxylation is 2. The molecule has 22 heavy (non-hydrogen) atoms. The van der Waals surface area contributed by atoms with Crippen LogP contribution in [0.15, 0.2) is 33.7 Å². The quantitative estimate of drug-likeness (QED) is 0.908. The van der Waals surface area contributed by atoms with Crippen LogP contribution in [0.3, 0.4) is 0 Å². The molecule has 2 rings (SSSR count). The predicted octanol–water partition coefficient (Wildman–Crippen LogP) is 1.88. The third-order valence-corrected chi connectivity index (χ3v) is 4.43. The molecule has 0 fully saturated rings. The van der Waals surface area contributed by atoms with Crippen LogP contribution in [0.2, 0.25) is 0 Å². The third-order valence-electron chi connectivity index (χ3n) is 3.30. The second kappa shape index (κ2) is 6.31. The molecule has 0 radical (unpaired) electrons. The monoisotopic (exact) mass is 322 g/mol. The minimum absolute atomic E-state index is 0.247. The minimum atomic E-state index is -3.21. The van der Waals surface area contributed by atoms with Gasteiger partial charge in [0.2, 0.25) is 0 Å². The van der Waals surface area contributed by atoms with Crippen molar-refractivity contribution in [2.75, 3.05) is 6.26 Å². The molecule has 1 heterocycles. The van der Waals surface area contributed by atoms with Crippen molar-refractivity contribution in [2.45, 2.75) is 31.7 Å². The normalized spacial score (nSPS) is 11.4. The molecule has 0 saturated heterocycles. The summed E-state index contributed by atoms with van der Waals surface area (Å²) in [5.41, 5.74) is 1.91. The number of carbonyl (C=O) groups excluding carboxylic acids is 1. The second-order valence-electron chi connectivity index (χ2n) is 5.01. The lowest BCUT2D eigenvalue weighted by atomic mass is 10.1. The zero-order chi connectivity index (χ0) is 16.3. The average molecular weight is 322 g/mol. The summed E-state index contributed by atoms with van der Waals surface area (Å²) >= 11 is 0. The zero-order valence-electron chi connectivity index (χ0n) is 12.7. The van der Waals surface area contributed by atoms with E-state index in [1.54, 1.807) is 19.1 Å². The topological polar surface area (TPSA) is 89.3 Å². The fourth-order valence-electron chi connectivity index (χ4n) is 2.08. The van der Waals surface area contributed by atoms with Gasteiger partial charge in [-0.25, -0.2) is 8.42 Å². The summed E-state index contributed by atoms with van der Waals surface area (Å²) < 4.78 is 27.8. The van der Waals surface area contributed by atoms with Gasteiger partial charge in [-0.1, -0.05) is 24.2 Å². The Hall–Kier alpha value is -2.15. The SMILES string of the molecule is CCc1noc(C)c1C(=O)NCc1ccc(S(C)(=O)=O)cc1. The number of sulfone groups is 1. The number of nitrogens with zero attached hydrogens (tertiary/aromatic N) is 1. The molecular weight excluding hydrogens is 304 g/mol. The third kappa shape index (κ3) is 3.54. The van der Waals surface area contributed by atoms with Gasteiger partial charge in [-0.2, -0.15) is 0 Å². The van der Waals surface area contributed by atoms with Crippen molar-refractivity contribution in [1.82, 2.24) is 10.5 Å². The first-order chi connectivity index (χ1) is 10.3. The van der Waals surface area contributed by atoms with Gasteiger partial charge in [-0.05, 0) is 31.0 Å². The summed E-state index contributed by atoms with van der Waals surface area (Å²) in [6.45, 7) is 3.90. The van der Waals surface area contributed by atoms with Crippen molar-refractivity contribution >= 4 is 15.7 Å². The molecule has 2 aromatic rings. The Morgan fingerprint density at radius 3 is 2.45 bits per heavy atom. The Balaban J connectivity index is 2.07. The zero-order valence-corrected chi connectivity index (χ0v) is 13.5. The Labute approximate surface area is 129 Å². The van der Waals surface area contributed by atoms with Crippen LogP contribution in [0, 0.1) is 6.92 Å². The molecule has 0 aliphatic heterocycles. The van der Waals surface area contributed by atoms with Gasteiger partial charge in [0.15, 0.2) is 9.84 Å². The van der Waals surface area contributed by atoms with E-state index in [-0.39, 0.29) is 10.8 Å². The predicted molar refractivity (Wildman–Crippen MR) is 81.3 cm³/mol. The summed E-state index contributed by atoms with van der Waals surface area (Å²) in [5.74, 6) is 0.240. The number of benzene rings is 1. The van der Waals surface area contributed by atoms with Gasteiger partial charge in [0.05, 0.1) is 10.6 Å². The fraction of sp³-hybridized carbons (Fsp3) is 0.333. The van der Waals surface area contributed by atoms with Gasteiger partial charge in [0.1, 0.15) is 11.3 Å². The van der Waals surface area contributed by atoms with Crippen molar-refractivity contribution in [2.24, 2.45) is 0 Å². The molecular formula is C15H18N2O4S. The lowest BCUT2D eigenvalue weighted by molar-refractivity contribution is 0.0948. The highest BCUT2D eigenvalue weighted by molar-refractivity contribution is 7.90. The van der Waals surface area contributed by atoms with Crippen LogP contribution in [0.25, 0.3) is 0 Å². The summed E-state index contributed by atoms with van der Waals surface area (Å²) in [5, 5.41) is 6.63. The number of aromatic nitrogens is 1. The van der Waals surface area contributed by atoms with Gasteiger partial charge in [-0.15, -0.1) is 0 Å². The first-order valence-corrected chi connectivity index (χ1v) is 8.74. The van der Waals surface area contributed by atoms with E-state index in [2.05, 4.69) is 10.5 Å². The summed E-state index contributed by atoms with van der Waals surface area (Å²) in [6, 6.07) is 6.41. The molecule has 0 spiro atoms. The van der Waals surface area contributed by atoms with E-state index in [4.69, 9.17) is 4.52 Å². The van der Waals surface area contributed by atoms with Gasteiger partial charge in [-0.3, -0.25) is 4.79 Å². The summed E-state index contributed by atoms with van der Waals surface area (Å²) in [7, 11) is -3.21. The highest BCUT2D eigenvalue weighted by Crippen LogP contribution is 2.14. The number of rotatable bonds is 5. The molecule has 118 valence electrons. The molecule has 1 aromatic heterocycles. The molecule has 1 aromatic carbocycles. The molecule has 0 unspecified atom stereocenters. The van der Waals surface area contributed by atoms with E-state index in [0.717, 1.165) is 11.8 Å². The second-order valence-corrected chi connectivity index (χ2v) is 7.03. The lowest BCUT2D eigenvalue weighted by Crippen LogP contribution is -2.24. The van der Waals surface area contributed by atoms with E-state index in [1.807, 2.05) is 6.92 Å². The molecule has 7 heteroatoms. The average Bonchev–Trinajstić information content (AvgIpc) is 2.85. The van der Waals surface area contributed by atoms with Crippen molar-refractivity contribution in [3.63, 3.8) is 0 Å². The number of hydrogen-bond acceptors (Lipinski definition) is 5. The lowest BCUT2D eigenvalue weighted by Gasteiger charge is -2.06. The standard InChI is InChI=1S/C15H18N2O4S/c1-4-13-14(10(2)21-17-13)15(18)16-9-11-5-7-12(8-6-11)22(3,19)20/h5-8H,4,9H2,1-3H3,(H,16,18). The first-order valence-electron chi connectivity index (χ1n) is 6.85. The number of carbonyl (C=O) groups is 1. The van der Waals surface area contributed by atoms with Gasteiger partial charge in [0, 0.05) is 12.8 Å². The molecule has 0 atom stereocenters. The highest BCUT2D eigenvalue weighted by Gasteiger charge is 2.18. The number of hydrogen-bond donors (Lipinski definition) is 1. The molecule has 1 amide bonds. The summed E-state index contributed by atoms with van der Waals surface area (Å²) in [4.78, 5) is 12.5. The number of nitrogens with one attached hydrogen (secondary N) is 1. The Morgan fingerprint density at radius 1 is 1.27 bits per heavy atom. The van der Waals surface area contributed by atoms with Gasteiger partial charge >= 0.3 is 0 Å².